The summed E-state index contributed by atoms with van der Waals surface area (Å²) in [6, 6.07) is 4.60. The zero-order chi connectivity index (χ0) is 15.3. The average Bonchev–Trinajstić information content (AvgIpc) is 2.36. The van der Waals surface area contributed by atoms with Gasteiger partial charge in [-0.15, -0.1) is 0 Å². The fourth-order valence-corrected chi connectivity index (χ4v) is 2.51. The lowest BCUT2D eigenvalue weighted by Crippen LogP contribution is -2.20. The van der Waals surface area contributed by atoms with Crippen molar-refractivity contribution in [2.75, 3.05) is 5.75 Å². The largest absolute Gasteiger partial charge is 0.390 e. The average molecular weight is 299 g/mol. The summed E-state index contributed by atoms with van der Waals surface area (Å²) < 4.78 is 0. The summed E-state index contributed by atoms with van der Waals surface area (Å²) >= 11 is 1.04. The molecule has 0 aliphatic rings. The first kappa shape index (κ1) is 16.6. The maximum atomic E-state index is 11.0. The van der Waals surface area contributed by atoms with Gasteiger partial charge in [-0.3, -0.25) is 14.9 Å². The van der Waals surface area contributed by atoms with Gasteiger partial charge in [-0.2, -0.15) is 0 Å². The maximum absolute atomic E-state index is 11.0. The number of benzene rings is 1. The second kappa shape index (κ2) is 7.37. The molecule has 20 heavy (non-hydrogen) atoms. The van der Waals surface area contributed by atoms with Gasteiger partial charge >= 0.3 is 0 Å². The highest BCUT2D eigenvalue weighted by atomic mass is 32.2. The number of carbonyl (C=O) groups excluding carboxylic acids is 1. The van der Waals surface area contributed by atoms with Crippen molar-refractivity contribution >= 4 is 22.6 Å². The third kappa shape index (κ3) is 4.29. The van der Waals surface area contributed by atoms with Crippen molar-refractivity contribution < 1.29 is 19.9 Å². The Bertz CT molecular complexity index is 506. The molecular weight excluding hydrogens is 282 g/mol. The normalized spacial score (nSPS) is 13.8. The van der Waals surface area contributed by atoms with Crippen LogP contribution in [0.3, 0.4) is 0 Å². The first-order valence-corrected chi connectivity index (χ1v) is 7.06. The van der Waals surface area contributed by atoms with Gasteiger partial charge in [0, 0.05) is 18.2 Å². The summed E-state index contributed by atoms with van der Waals surface area (Å²) in [6.45, 7) is 2.99. The predicted octanol–water partition coefficient (Wildman–Crippen LogP) is 1.97. The van der Waals surface area contributed by atoms with Crippen molar-refractivity contribution in [1.82, 2.24) is 0 Å². The Hall–Kier alpha value is -1.44. The van der Waals surface area contributed by atoms with Gasteiger partial charge in [0.2, 0.25) is 0 Å². The summed E-state index contributed by atoms with van der Waals surface area (Å²) in [5.74, 6) is 0.354. The molecule has 0 amide bonds. The molecule has 7 heteroatoms. The molecule has 2 atom stereocenters. The van der Waals surface area contributed by atoms with E-state index in [2.05, 4.69) is 0 Å². The monoisotopic (exact) mass is 299 g/mol. The summed E-state index contributed by atoms with van der Waals surface area (Å²) in [4.78, 5) is 21.3. The van der Waals surface area contributed by atoms with E-state index >= 15 is 0 Å². The van der Waals surface area contributed by atoms with E-state index in [1.807, 2.05) is 0 Å². The van der Waals surface area contributed by atoms with Gasteiger partial charge in [-0.25, -0.2) is 0 Å². The molecule has 2 unspecified atom stereocenters. The molecule has 0 saturated heterocycles. The molecule has 0 saturated carbocycles. The van der Waals surface area contributed by atoms with E-state index in [0.29, 0.717) is 11.3 Å². The molecule has 6 nitrogen and oxygen atoms in total. The Labute approximate surface area is 121 Å². The van der Waals surface area contributed by atoms with Gasteiger partial charge in [0.15, 0.2) is 5.12 Å². The number of para-hydroxylation sites is 1. The molecular formula is C13H17NO5S. The van der Waals surface area contributed by atoms with Gasteiger partial charge in [0.1, 0.15) is 6.10 Å². The molecule has 0 aliphatic carbocycles. The van der Waals surface area contributed by atoms with Crippen LogP contribution in [0.15, 0.2) is 18.2 Å². The third-order valence-electron chi connectivity index (χ3n) is 2.85. The van der Waals surface area contributed by atoms with Gasteiger partial charge in [0.25, 0.3) is 5.69 Å². The van der Waals surface area contributed by atoms with Crippen LogP contribution in [-0.2, 0) is 4.79 Å². The van der Waals surface area contributed by atoms with Crippen LogP contribution >= 0.6 is 11.8 Å². The zero-order valence-corrected chi connectivity index (χ0v) is 12.1. The first-order chi connectivity index (χ1) is 9.34. The molecule has 0 heterocycles. The van der Waals surface area contributed by atoms with E-state index in [4.69, 9.17) is 0 Å². The summed E-state index contributed by atoms with van der Waals surface area (Å²) in [5, 5.41) is 30.9. The van der Waals surface area contributed by atoms with Crippen molar-refractivity contribution in [3.63, 3.8) is 0 Å². The van der Waals surface area contributed by atoms with Gasteiger partial charge in [-0.1, -0.05) is 23.9 Å². The molecule has 2 N–H and O–H groups in total. The molecule has 0 aromatic heterocycles. The minimum atomic E-state index is -1.34. The van der Waals surface area contributed by atoms with Crippen molar-refractivity contribution in [2.45, 2.75) is 32.5 Å². The van der Waals surface area contributed by atoms with Crippen molar-refractivity contribution in [1.29, 1.82) is 0 Å². The van der Waals surface area contributed by atoms with Crippen LogP contribution in [0.5, 0.6) is 0 Å². The Morgan fingerprint density at radius 2 is 2.10 bits per heavy atom. The van der Waals surface area contributed by atoms with Crippen LogP contribution in [0.25, 0.3) is 0 Å². The lowest BCUT2D eigenvalue weighted by Gasteiger charge is -2.18. The summed E-state index contributed by atoms with van der Waals surface area (Å²) in [7, 11) is 0. The number of nitrogens with zero attached hydrogens (tertiary/aromatic N) is 1. The van der Waals surface area contributed by atoms with Crippen LogP contribution in [0.1, 0.15) is 30.6 Å². The maximum Gasteiger partial charge on any atom is 0.278 e. The molecule has 0 radical (unpaired) electrons. The second-order valence-electron chi connectivity index (χ2n) is 4.41. The van der Waals surface area contributed by atoms with Crippen molar-refractivity contribution in [3.8, 4) is 0 Å². The number of carbonyl (C=O) groups is 1. The highest BCUT2D eigenvalue weighted by Crippen LogP contribution is 2.31. The van der Waals surface area contributed by atoms with Crippen molar-refractivity contribution in [3.05, 3.63) is 39.4 Å². The lowest BCUT2D eigenvalue weighted by molar-refractivity contribution is -0.386. The third-order valence-corrected chi connectivity index (χ3v) is 3.70. The number of aliphatic hydroxyl groups is 2. The number of aryl methyl sites for hydroxylation is 1. The van der Waals surface area contributed by atoms with E-state index in [1.54, 1.807) is 19.1 Å². The molecule has 1 aromatic rings. The van der Waals surface area contributed by atoms with Gasteiger partial charge in [0.05, 0.1) is 16.6 Å². The quantitative estimate of drug-likeness (QED) is 0.615. The van der Waals surface area contributed by atoms with E-state index in [-0.39, 0.29) is 22.8 Å². The molecule has 110 valence electrons. The number of nitro benzene ring substituents is 1. The van der Waals surface area contributed by atoms with Crippen LogP contribution in [-0.4, -0.2) is 32.1 Å². The number of thioether (sulfide) groups is 1. The number of aliphatic hydroxyl groups excluding tert-OH is 2. The fraction of sp³-hybridized carbons (Fsp3) is 0.462. The highest BCUT2D eigenvalue weighted by molar-refractivity contribution is 8.13. The standard InChI is InChI=1S/C13H17NO5S/c1-8-4-3-5-10(12(8)14(18)19)13(17)11(16)6-7-20-9(2)15/h3-5,11,13,16-17H,6-7H2,1-2H3. The van der Waals surface area contributed by atoms with Crippen LogP contribution in [0.4, 0.5) is 5.69 Å². The summed E-state index contributed by atoms with van der Waals surface area (Å²) in [5.41, 5.74) is 0.338. The number of nitro groups is 1. The van der Waals surface area contributed by atoms with Crippen LogP contribution < -0.4 is 0 Å². The van der Waals surface area contributed by atoms with Crippen molar-refractivity contribution in [2.24, 2.45) is 0 Å². The second-order valence-corrected chi connectivity index (χ2v) is 5.68. The number of hydrogen-bond acceptors (Lipinski definition) is 6. The molecule has 0 bridgehead atoms. The Kier molecular flexibility index (Phi) is 6.12. The number of hydrogen-bond donors (Lipinski definition) is 2. The summed E-state index contributed by atoms with van der Waals surface area (Å²) in [6.07, 6.45) is -2.32. The van der Waals surface area contributed by atoms with E-state index < -0.39 is 17.1 Å². The van der Waals surface area contributed by atoms with E-state index in [1.165, 1.54) is 13.0 Å². The van der Waals surface area contributed by atoms with E-state index in [9.17, 15) is 25.1 Å². The molecule has 0 fully saturated rings. The topological polar surface area (TPSA) is 101 Å². The fourth-order valence-electron chi connectivity index (χ4n) is 1.86. The molecule has 0 spiro atoms. The predicted molar refractivity (Wildman–Crippen MR) is 76.6 cm³/mol. The molecule has 1 rings (SSSR count). The SMILES string of the molecule is CC(=O)SCCC(O)C(O)c1cccc(C)c1[N+](=O)[O-]. The minimum absolute atomic E-state index is 0.0757. The Morgan fingerprint density at radius 1 is 1.45 bits per heavy atom. The molecule has 1 aromatic carbocycles. The van der Waals surface area contributed by atoms with E-state index in [0.717, 1.165) is 11.8 Å². The molecule has 0 aliphatic heterocycles. The van der Waals surface area contributed by atoms with Crippen LogP contribution in [0, 0.1) is 17.0 Å². The zero-order valence-electron chi connectivity index (χ0n) is 11.3. The highest BCUT2D eigenvalue weighted by Gasteiger charge is 2.27. The van der Waals surface area contributed by atoms with Gasteiger partial charge < -0.3 is 10.2 Å². The Morgan fingerprint density at radius 3 is 2.65 bits per heavy atom. The lowest BCUT2D eigenvalue weighted by atomic mass is 9.98. The Balaban J connectivity index is 2.86. The minimum Gasteiger partial charge on any atom is -0.390 e. The van der Waals surface area contributed by atoms with Crippen LogP contribution in [0.2, 0.25) is 0 Å². The first-order valence-electron chi connectivity index (χ1n) is 6.08. The number of rotatable bonds is 6. The smallest absolute Gasteiger partial charge is 0.278 e. The van der Waals surface area contributed by atoms with Gasteiger partial charge in [-0.05, 0) is 19.4 Å².